The molecule has 0 saturated heterocycles. The van der Waals surface area contributed by atoms with Gasteiger partial charge in [0, 0.05) is 0 Å². The van der Waals surface area contributed by atoms with Crippen molar-refractivity contribution in [3.05, 3.63) is 60.7 Å². The van der Waals surface area contributed by atoms with Gasteiger partial charge >= 0.3 is 95.4 Å². The van der Waals surface area contributed by atoms with Gasteiger partial charge in [-0.2, -0.15) is 0 Å². The van der Waals surface area contributed by atoms with Crippen LogP contribution in [0.4, 0.5) is 0 Å². The third-order valence-corrected chi connectivity index (χ3v) is 9.78. The molecule has 0 aromatic heterocycles. The molecule has 0 unspecified atom stereocenters. The Bertz CT molecular complexity index is 351. The average molecular weight is 326 g/mol. The second kappa shape index (κ2) is 6.15. The van der Waals surface area contributed by atoms with Gasteiger partial charge in [0.2, 0.25) is 0 Å². The molecule has 0 saturated carbocycles. The van der Waals surface area contributed by atoms with Crippen LogP contribution in [-0.4, -0.2) is 24.1 Å². The molecule has 0 atom stereocenters. The number of benzene rings is 2. The van der Waals surface area contributed by atoms with E-state index in [9.17, 15) is 0 Å². The first-order valence-corrected chi connectivity index (χ1v) is 11.0. The Morgan fingerprint density at radius 2 is 1.00 bits per heavy atom. The molecule has 0 fully saturated rings. The summed E-state index contributed by atoms with van der Waals surface area (Å²) >= 11 is -2.03. The standard InChI is InChI=1S/2C6H5.ClH.H2O.Sn/c2*1-2-4-6-5-3-1;;;/h2*1-5H;1H;1H2;/q;;;;+1/p-1. The summed E-state index contributed by atoms with van der Waals surface area (Å²) < 4.78 is 2.67. The minimum atomic E-state index is -2.03. The van der Waals surface area contributed by atoms with Crippen LogP contribution in [0.5, 0.6) is 0 Å². The van der Waals surface area contributed by atoms with Crippen molar-refractivity contribution in [1.29, 1.82) is 0 Å². The Morgan fingerprint density at radius 1 is 0.667 bits per heavy atom. The van der Waals surface area contributed by atoms with E-state index < -0.39 is 18.6 Å². The summed E-state index contributed by atoms with van der Waals surface area (Å²) in [7, 11) is 6.53. The fraction of sp³-hybridized carbons (Fsp3) is 0. The van der Waals surface area contributed by atoms with E-state index in [1.54, 1.807) is 0 Å². The van der Waals surface area contributed by atoms with Crippen LogP contribution >= 0.6 is 8.92 Å². The molecule has 1 nitrogen and oxygen atoms in total. The molecule has 0 bridgehead atoms. The summed E-state index contributed by atoms with van der Waals surface area (Å²) in [5.74, 6) is 0. The van der Waals surface area contributed by atoms with Crippen molar-refractivity contribution in [2.75, 3.05) is 0 Å². The summed E-state index contributed by atoms with van der Waals surface area (Å²) in [5, 5.41) is 0. The number of rotatable bonds is 2. The van der Waals surface area contributed by atoms with Gasteiger partial charge in [-0.15, -0.1) is 0 Å². The molecule has 0 heterocycles. The zero-order chi connectivity index (χ0) is 9.80. The Morgan fingerprint density at radius 3 is 1.33 bits per heavy atom. The van der Waals surface area contributed by atoms with Crippen molar-refractivity contribution in [1.82, 2.24) is 0 Å². The number of hydrogen-bond donors (Lipinski definition) is 0. The van der Waals surface area contributed by atoms with Crippen LogP contribution in [0.1, 0.15) is 0 Å². The molecule has 0 amide bonds. The molecule has 15 heavy (non-hydrogen) atoms. The van der Waals surface area contributed by atoms with Crippen LogP contribution in [0.15, 0.2) is 60.7 Å². The van der Waals surface area contributed by atoms with Crippen LogP contribution in [0.25, 0.3) is 0 Å². The average Bonchev–Trinajstić information content (AvgIpc) is 2.30. The Hall–Kier alpha value is -0.511. The number of halogens is 1. The fourth-order valence-electron chi connectivity index (χ4n) is 1.34. The van der Waals surface area contributed by atoms with Gasteiger partial charge in [0.1, 0.15) is 0 Å². The second-order valence-corrected chi connectivity index (χ2v) is 10.7. The Labute approximate surface area is 100 Å². The van der Waals surface area contributed by atoms with Crippen LogP contribution in [-0.2, 0) is 0 Å². The van der Waals surface area contributed by atoms with Gasteiger partial charge in [-0.3, -0.25) is 0 Å². The van der Waals surface area contributed by atoms with E-state index in [4.69, 9.17) is 8.92 Å². The minimum absolute atomic E-state index is 0. The zero-order valence-corrected chi connectivity index (χ0v) is 11.8. The Kier molecular flexibility index (Phi) is 5.15. The van der Waals surface area contributed by atoms with Gasteiger partial charge in [0.05, 0.1) is 0 Å². The van der Waals surface area contributed by atoms with E-state index in [1.807, 2.05) is 12.1 Å². The molecule has 0 aliphatic rings. The molecule has 0 spiro atoms. The molecule has 2 aromatic carbocycles. The molecule has 1 radical (unpaired) electrons. The summed E-state index contributed by atoms with van der Waals surface area (Å²) in [6, 6.07) is 20.8. The first kappa shape index (κ1) is 12.6. The third-order valence-electron chi connectivity index (χ3n) is 2.05. The molecule has 2 N–H and O–H groups in total. The summed E-state index contributed by atoms with van der Waals surface area (Å²) in [6.45, 7) is 0. The maximum atomic E-state index is 6.53. The van der Waals surface area contributed by atoms with Crippen LogP contribution in [0.3, 0.4) is 0 Å². The molecular weight excluding hydrogens is 314 g/mol. The fourth-order valence-corrected chi connectivity index (χ4v) is 6.75. The van der Waals surface area contributed by atoms with E-state index in [0.717, 1.165) is 0 Å². The van der Waals surface area contributed by atoms with E-state index in [1.165, 1.54) is 7.16 Å². The van der Waals surface area contributed by atoms with Crippen molar-refractivity contribution in [3.8, 4) is 0 Å². The van der Waals surface area contributed by atoms with Crippen LogP contribution < -0.4 is 7.16 Å². The second-order valence-electron chi connectivity index (χ2n) is 3.05. The van der Waals surface area contributed by atoms with Crippen molar-refractivity contribution >= 4 is 34.7 Å². The van der Waals surface area contributed by atoms with Gasteiger partial charge in [0.25, 0.3) is 0 Å². The zero-order valence-electron chi connectivity index (χ0n) is 8.15. The predicted molar refractivity (Wildman–Crippen MR) is 67.4 cm³/mol. The first-order valence-electron chi connectivity index (χ1n) is 4.51. The van der Waals surface area contributed by atoms with E-state index >= 15 is 0 Å². The van der Waals surface area contributed by atoms with Gasteiger partial charge in [-0.1, -0.05) is 0 Å². The summed E-state index contributed by atoms with van der Waals surface area (Å²) in [5.41, 5.74) is 0. The molecule has 0 aliphatic carbocycles. The van der Waals surface area contributed by atoms with Crippen molar-refractivity contribution < 1.29 is 5.48 Å². The summed E-state index contributed by atoms with van der Waals surface area (Å²) in [6.07, 6.45) is 0. The van der Waals surface area contributed by atoms with Crippen LogP contribution in [0.2, 0.25) is 0 Å². The van der Waals surface area contributed by atoms with Crippen molar-refractivity contribution in [3.63, 3.8) is 0 Å². The monoisotopic (exact) mass is 327 g/mol. The van der Waals surface area contributed by atoms with Gasteiger partial charge < -0.3 is 5.48 Å². The van der Waals surface area contributed by atoms with Crippen molar-refractivity contribution in [2.45, 2.75) is 0 Å². The molecule has 77 valence electrons. The van der Waals surface area contributed by atoms with E-state index in [2.05, 4.69) is 48.5 Å². The maximum absolute atomic E-state index is 6.53. The predicted octanol–water partition coefficient (Wildman–Crippen LogP) is 1.21. The number of hydrogen-bond acceptors (Lipinski definition) is 0. The molecule has 2 aromatic rings. The Balaban J connectivity index is 0.00000112. The summed E-state index contributed by atoms with van der Waals surface area (Å²) in [4.78, 5) is 0. The molecule has 2 rings (SSSR count). The third kappa shape index (κ3) is 3.23. The van der Waals surface area contributed by atoms with E-state index in [-0.39, 0.29) is 5.48 Å². The van der Waals surface area contributed by atoms with Gasteiger partial charge in [0.15, 0.2) is 0 Å². The van der Waals surface area contributed by atoms with Gasteiger partial charge in [-0.25, -0.2) is 0 Å². The molecule has 3 heteroatoms. The first-order chi connectivity index (χ1) is 6.88. The quantitative estimate of drug-likeness (QED) is 0.743. The van der Waals surface area contributed by atoms with Crippen LogP contribution in [0, 0.1) is 0 Å². The van der Waals surface area contributed by atoms with E-state index in [0.29, 0.717) is 0 Å². The van der Waals surface area contributed by atoms with Gasteiger partial charge in [-0.05, 0) is 0 Å². The van der Waals surface area contributed by atoms with Crippen molar-refractivity contribution in [2.24, 2.45) is 0 Å². The topological polar surface area (TPSA) is 31.5 Å². The normalized spacial score (nSPS) is 9.73. The molecular formula is C12H12ClOSn. The SMILES string of the molecule is O.[Cl][Sn]([c]1ccccc1)[c]1ccccc1. The molecule has 0 aliphatic heterocycles.